The van der Waals surface area contributed by atoms with Gasteiger partial charge in [-0.15, -0.1) is 0 Å². The first-order chi connectivity index (χ1) is 8.58. The summed E-state index contributed by atoms with van der Waals surface area (Å²) in [5.41, 5.74) is 5.12. The second-order valence-electron chi connectivity index (χ2n) is 3.46. The topological polar surface area (TPSA) is 149 Å². The smallest absolute Gasteiger partial charge is 0.329 e. The predicted octanol–water partition coefficient (Wildman–Crippen LogP) is 0.258. The molecule has 0 aromatic carbocycles. The summed E-state index contributed by atoms with van der Waals surface area (Å²) in [6, 6.07) is -0.228. The fourth-order valence-electron chi connectivity index (χ4n) is 1.28. The number of H-pyrrole nitrogens is 1. The lowest BCUT2D eigenvalue weighted by atomic mass is 10.3. The summed E-state index contributed by atoms with van der Waals surface area (Å²) < 4.78 is 0. The van der Waals surface area contributed by atoms with Gasteiger partial charge in [0.1, 0.15) is 18.3 Å². The Balaban J connectivity index is 2.15. The molecule has 2 aromatic rings. The highest BCUT2D eigenvalue weighted by Crippen LogP contribution is 2.20. The summed E-state index contributed by atoms with van der Waals surface area (Å²) in [5, 5.41) is 19.8. The number of hydrogen-bond donors (Lipinski definition) is 3. The Hall–Kier alpha value is -2.78. The molecule has 0 saturated heterocycles. The minimum atomic E-state index is -0.640. The maximum atomic E-state index is 10.5. The first-order valence-corrected chi connectivity index (χ1v) is 4.96. The number of nitro groups is 1. The van der Waals surface area contributed by atoms with E-state index >= 15 is 0 Å². The lowest BCUT2D eigenvalue weighted by Gasteiger charge is -2.10. The van der Waals surface area contributed by atoms with Crippen LogP contribution in [0.1, 0.15) is 18.8 Å². The van der Waals surface area contributed by atoms with Gasteiger partial charge in [-0.05, 0) is 6.92 Å². The van der Waals surface area contributed by atoms with Crippen molar-refractivity contribution in [3.8, 4) is 0 Å². The number of aromatic nitrogens is 5. The molecule has 10 heteroatoms. The molecule has 0 aliphatic heterocycles. The van der Waals surface area contributed by atoms with Crippen molar-refractivity contribution in [2.24, 2.45) is 0 Å². The number of nitrogens with two attached hydrogens (primary N) is 1. The highest BCUT2D eigenvalue weighted by molar-refractivity contribution is 5.53. The molecule has 1 unspecified atom stereocenters. The number of rotatable bonds is 4. The highest BCUT2D eigenvalue weighted by Gasteiger charge is 2.16. The lowest BCUT2D eigenvalue weighted by Crippen LogP contribution is -2.12. The third kappa shape index (κ3) is 2.31. The van der Waals surface area contributed by atoms with E-state index in [0.29, 0.717) is 5.82 Å². The fourth-order valence-corrected chi connectivity index (χ4v) is 1.28. The van der Waals surface area contributed by atoms with E-state index in [2.05, 4.69) is 30.5 Å². The molecule has 94 valence electrons. The average Bonchev–Trinajstić information content (AvgIpc) is 2.81. The first kappa shape index (κ1) is 11.7. The average molecular weight is 250 g/mol. The zero-order valence-electron chi connectivity index (χ0n) is 9.36. The molecule has 18 heavy (non-hydrogen) atoms. The van der Waals surface area contributed by atoms with Crippen molar-refractivity contribution in [1.82, 2.24) is 25.1 Å². The number of anilines is 2. The molecule has 0 fully saturated rings. The standard InChI is InChI=1S/C8H10N8O2/c1-4(7-11-3-12-15-7)13-8-10-2-5(16(17)18)6(9)14-8/h2-4H,1H3,(H,11,12,15)(H3,9,10,13,14). The largest absolute Gasteiger partial charge is 0.378 e. The Labute approximate surface area is 101 Å². The van der Waals surface area contributed by atoms with Crippen molar-refractivity contribution in [1.29, 1.82) is 0 Å². The maximum absolute atomic E-state index is 10.5. The van der Waals surface area contributed by atoms with E-state index in [4.69, 9.17) is 5.73 Å². The molecular weight excluding hydrogens is 240 g/mol. The van der Waals surface area contributed by atoms with E-state index in [1.807, 2.05) is 6.92 Å². The highest BCUT2D eigenvalue weighted by atomic mass is 16.6. The minimum Gasteiger partial charge on any atom is -0.378 e. The van der Waals surface area contributed by atoms with E-state index in [1.165, 1.54) is 6.33 Å². The Morgan fingerprint density at radius 2 is 2.33 bits per heavy atom. The Bertz CT molecular complexity index is 554. The molecule has 2 rings (SSSR count). The lowest BCUT2D eigenvalue weighted by molar-refractivity contribution is -0.384. The summed E-state index contributed by atoms with van der Waals surface area (Å²) in [5.74, 6) is 0.583. The Morgan fingerprint density at radius 3 is 2.89 bits per heavy atom. The first-order valence-electron chi connectivity index (χ1n) is 4.96. The third-order valence-corrected chi connectivity index (χ3v) is 2.18. The molecule has 0 amide bonds. The number of aromatic amines is 1. The van der Waals surface area contributed by atoms with Crippen LogP contribution >= 0.6 is 0 Å². The van der Waals surface area contributed by atoms with Crippen LogP contribution < -0.4 is 11.1 Å². The van der Waals surface area contributed by atoms with Crippen LogP contribution in [0.15, 0.2) is 12.5 Å². The van der Waals surface area contributed by atoms with Gasteiger partial charge in [0.25, 0.3) is 0 Å². The number of nitrogen functional groups attached to an aromatic ring is 1. The van der Waals surface area contributed by atoms with Gasteiger partial charge in [0.2, 0.25) is 11.8 Å². The summed E-state index contributed by atoms with van der Waals surface area (Å²) in [6.45, 7) is 1.81. The maximum Gasteiger partial charge on any atom is 0.329 e. The SMILES string of the molecule is CC(Nc1ncc([N+](=O)[O-])c(N)n1)c1ncn[nH]1. The van der Waals surface area contributed by atoms with Gasteiger partial charge in [0.15, 0.2) is 0 Å². The van der Waals surface area contributed by atoms with Gasteiger partial charge in [-0.1, -0.05) is 0 Å². The molecular formula is C8H10N8O2. The van der Waals surface area contributed by atoms with Gasteiger partial charge in [-0.2, -0.15) is 10.1 Å². The molecule has 4 N–H and O–H groups in total. The minimum absolute atomic E-state index is 0.182. The molecule has 1 atom stereocenters. The van der Waals surface area contributed by atoms with E-state index in [1.54, 1.807) is 0 Å². The molecule has 2 aromatic heterocycles. The van der Waals surface area contributed by atoms with Crippen molar-refractivity contribution in [3.05, 3.63) is 28.5 Å². The van der Waals surface area contributed by atoms with Crippen LogP contribution in [-0.2, 0) is 0 Å². The van der Waals surface area contributed by atoms with E-state index in [-0.39, 0.29) is 23.5 Å². The molecule has 0 aliphatic carbocycles. The number of hydrogen-bond acceptors (Lipinski definition) is 8. The van der Waals surface area contributed by atoms with Gasteiger partial charge in [0, 0.05) is 0 Å². The van der Waals surface area contributed by atoms with Crippen molar-refractivity contribution >= 4 is 17.5 Å². The second-order valence-corrected chi connectivity index (χ2v) is 3.46. The van der Waals surface area contributed by atoms with Crippen LogP contribution in [0.2, 0.25) is 0 Å². The van der Waals surface area contributed by atoms with Crippen molar-refractivity contribution in [2.75, 3.05) is 11.1 Å². The van der Waals surface area contributed by atoms with E-state index in [9.17, 15) is 10.1 Å². The molecule has 0 spiro atoms. The zero-order valence-corrected chi connectivity index (χ0v) is 9.36. The fraction of sp³-hybridized carbons (Fsp3) is 0.250. The molecule has 0 bridgehead atoms. The van der Waals surface area contributed by atoms with Crippen LogP contribution in [-0.4, -0.2) is 30.1 Å². The van der Waals surface area contributed by atoms with Gasteiger partial charge in [-0.25, -0.2) is 9.97 Å². The van der Waals surface area contributed by atoms with Gasteiger partial charge in [-0.3, -0.25) is 15.2 Å². The molecule has 0 aliphatic rings. The summed E-state index contributed by atoms with van der Waals surface area (Å²) in [6.07, 6.45) is 2.43. The van der Waals surface area contributed by atoms with Crippen molar-refractivity contribution in [2.45, 2.75) is 13.0 Å². The molecule has 0 saturated carbocycles. The van der Waals surface area contributed by atoms with Crippen LogP contribution in [0, 0.1) is 10.1 Å². The number of nitrogens with one attached hydrogen (secondary N) is 2. The quantitative estimate of drug-likeness (QED) is 0.516. The van der Waals surface area contributed by atoms with Crippen LogP contribution in [0.25, 0.3) is 0 Å². The third-order valence-electron chi connectivity index (χ3n) is 2.18. The predicted molar refractivity (Wildman–Crippen MR) is 61.5 cm³/mol. The normalized spacial score (nSPS) is 12.1. The Kier molecular flexibility index (Phi) is 3.00. The monoisotopic (exact) mass is 250 g/mol. The van der Waals surface area contributed by atoms with Crippen molar-refractivity contribution < 1.29 is 4.92 Å². The Morgan fingerprint density at radius 1 is 1.56 bits per heavy atom. The molecule has 10 nitrogen and oxygen atoms in total. The summed E-state index contributed by atoms with van der Waals surface area (Å²) in [7, 11) is 0. The van der Waals surface area contributed by atoms with Gasteiger partial charge < -0.3 is 11.1 Å². The van der Waals surface area contributed by atoms with Gasteiger partial charge in [0.05, 0.1) is 11.0 Å². The molecule has 2 heterocycles. The summed E-state index contributed by atoms with van der Waals surface area (Å²) >= 11 is 0. The number of nitrogens with zero attached hydrogens (tertiary/aromatic N) is 5. The van der Waals surface area contributed by atoms with Crippen molar-refractivity contribution in [3.63, 3.8) is 0 Å². The molecule has 0 radical (unpaired) electrons. The van der Waals surface area contributed by atoms with E-state index in [0.717, 1.165) is 6.20 Å². The zero-order chi connectivity index (χ0) is 13.1. The van der Waals surface area contributed by atoms with Crippen LogP contribution in [0.5, 0.6) is 0 Å². The van der Waals surface area contributed by atoms with Crippen LogP contribution in [0.4, 0.5) is 17.5 Å². The van der Waals surface area contributed by atoms with Gasteiger partial charge >= 0.3 is 5.69 Å². The summed E-state index contributed by atoms with van der Waals surface area (Å²) in [4.78, 5) is 21.5. The van der Waals surface area contributed by atoms with Crippen LogP contribution in [0.3, 0.4) is 0 Å². The second kappa shape index (κ2) is 4.61. The van der Waals surface area contributed by atoms with E-state index < -0.39 is 4.92 Å².